The number of anilines is 2. The normalized spacial score (nSPS) is 18.9. The molecule has 0 bridgehead atoms. The molecule has 0 aliphatic carbocycles. The van der Waals surface area contributed by atoms with Crippen LogP contribution < -0.4 is 15.0 Å². The Balaban J connectivity index is 1.52. The third-order valence-electron chi connectivity index (χ3n) is 4.10. The zero-order valence-corrected chi connectivity index (χ0v) is 13.7. The monoisotopic (exact) mass is 340 g/mol. The molecule has 0 radical (unpaired) electrons. The zero-order chi connectivity index (χ0) is 16.5. The van der Waals surface area contributed by atoms with Crippen LogP contribution in [0, 0.1) is 0 Å². The fourth-order valence-corrected chi connectivity index (χ4v) is 4.03. The van der Waals surface area contributed by atoms with Crippen LogP contribution in [0.4, 0.5) is 11.4 Å². The quantitative estimate of drug-likeness (QED) is 0.913. The number of nitrogens with one attached hydrogen (secondary N) is 1. The summed E-state index contributed by atoms with van der Waals surface area (Å²) in [5.74, 6) is 0.537. The van der Waals surface area contributed by atoms with Gasteiger partial charge in [0.25, 0.3) is 0 Å². The minimum atomic E-state index is -0.414. The Labute approximate surface area is 144 Å². The topological polar surface area (TPSA) is 58.6 Å². The van der Waals surface area contributed by atoms with Gasteiger partial charge >= 0.3 is 0 Å². The summed E-state index contributed by atoms with van der Waals surface area (Å²) in [7, 11) is 0. The van der Waals surface area contributed by atoms with Crippen LogP contribution in [0.5, 0.6) is 5.75 Å². The highest BCUT2D eigenvalue weighted by atomic mass is 32.2. The van der Waals surface area contributed by atoms with Crippen LogP contribution in [0.3, 0.4) is 0 Å². The lowest BCUT2D eigenvalue weighted by molar-refractivity contribution is -0.122. The van der Waals surface area contributed by atoms with Crippen molar-refractivity contribution in [1.29, 1.82) is 0 Å². The smallest absolute Gasteiger partial charge is 0.238 e. The van der Waals surface area contributed by atoms with E-state index in [0.717, 1.165) is 16.3 Å². The van der Waals surface area contributed by atoms with E-state index in [0.29, 0.717) is 18.9 Å². The summed E-state index contributed by atoms with van der Waals surface area (Å²) in [4.78, 5) is 27.8. The van der Waals surface area contributed by atoms with Gasteiger partial charge in [0, 0.05) is 11.3 Å². The number of nitrogens with zero attached hydrogens (tertiary/aromatic N) is 1. The van der Waals surface area contributed by atoms with Gasteiger partial charge < -0.3 is 15.0 Å². The van der Waals surface area contributed by atoms with Gasteiger partial charge in [-0.1, -0.05) is 24.3 Å². The first-order valence-corrected chi connectivity index (χ1v) is 8.69. The Kier molecular flexibility index (Phi) is 3.90. The van der Waals surface area contributed by atoms with Crippen LogP contribution in [-0.4, -0.2) is 30.2 Å². The molecule has 2 aromatic rings. The lowest BCUT2D eigenvalue weighted by atomic mass is 10.2. The van der Waals surface area contributed by atoms with E-state index in [-0.39, 0.29) is 18.2 Å². The molecule has 2 heterocycles. The SMILES string of the molecule is O=C1Nc2ccccc2S[C@@H]1CC(=O)N1CCOc2ccccc21. The first-order chi connectivity index (χ1) is 11.7. The summed E-state index contributed by atoms with van der Waals surface area (Å²) in [6.45, 7) is 0.973. The molecule has 2 amide bonds. The molecule has 2 aliphatic rings. The maximum absolute atomic E-state index is 12.8. The highest BCUT2D eigenvalue weighted by Crippen LogP contribution is 2.38. The van der Waals surface area contributed by atoms with Gasteiger partial charge in [-0.05, 0) is 24.3 Å². The molecule has 5 nitrogen and oxygen atoms in total. The summed E-state index contributed by atoms with van der Waals surface area (Å²) in [5.41, 5.74) is 1.59. The van der Waals surface area contributed by atoms with Crippen LogP contribution in [0.15, 0.2) is 53.4 Å². The van der Waals surface area contributed by atoms with Crippen LogP contribution in [0.1, 0.15) is 6.42 Å². The molecule has 0 spiro atoms. The van der Waals surface area contributed by atoms with Crippen LogP contribution in [0.2, 0.25) is 0 Å². The van der Waals surface area contributed by atoms with E-state index in [9.17, 15) is 9.59 Å². The lowest BCUT2D eigenvalue weighted by Crippen LogP contribution is -2.41. The molecular formula is C18H16N2O3S. The fourth-order valence-electron chi connectivity index (χ4n) is 2.92. The Morgan fingerprint density at radius 1 is 1.21 bits per heavy atom. The van der Waals surface area contributed by atoms with Crippen molar-refractivity contribution in [3.05, 3.63) is 48.5 Å². The average molecular weight is 340 g/mol. The molecule has 1 atom stereocenters. The Bertz CT molecular complexity index is 808. The first kappa shape index (κ1) is 15.1. The number of hydrogen-bond acceptors (Lipinski definition) is 4. The van der Waals surface area contributed by atoms with Crippen molar-refractivity contribution < 1.29 is 14.3 Å². The highest BCUT2D eigenvalue weighted by molar-refractivity contribution is 8.01. The first-order valence-electron chi connectivity index (χ1n) is 7.81. The second kappa shape index (κ2) is 6.20. The van der Waals surface area contributed by atoms with Crippen molar-refractivity contribution in [2.24, 2.45) is 0 Å². The summed E-state index contributed by atoms with van der Waals surface area (Å²) in [6.07, 6.45) is 0.166. The Morgan fingerprint density at radius 2 is 2.00 bits per heavy atom. The van der Waals surface area contributed by atoms with Crippen molar-refractivity contribution >= 4 is 35.0 Å². The van der Waals surface area contributed by atoms with Crippen molar-refractivity contribution in [3.8, 4) is 5.75 Å². The maximum atomic E-state index is 12.8. The highest BCUT2D eigenvalue weighted by Gasteiger charge is 2.32. The van der Waals surface area contributed by atoms with Gasteiger partial charge in [0.1, 0.15) is 12.4 Å². The van der Waals surface area contributed by atoms with Gasteiger partial charge in [-0.25, -0.2) is 0 Å². The van der Waals surface area contributed by atoms with Gasteiger partial charge in [0.2, 0.25) is 11.8 Å². The van der Waals surface area contributed by atoms with E-state index < -0.39 is 5.25 Å². The number of carbonyl (C=O) groups is 2. The van der Waals surface area contributed by atoms with E-state index in [1.54, 1.807) is 4.90 Å². The number of rotatable bonds is 2. The second-order valence-electron chi connectivity index (χ2n) is 5.66. The molecule has 2 aliphatic heterocycles. The standard InChI is InChI=1S/C18H16N2O3S/c21-17(20-9-10-23-14-7-3-2-6-13(14)20)11-16-18(22)19-12-5-1-4-8-15(12)24-16/h1-8,16H,9-11H2,(H,19,22)/t16-/m1/s1. The van der Waals surface area contributed by atoms with Crippen molar-refractivity contribution in [2.75, 3.05) is 23.4 Å². The molecule has 0 saturated heterocycles. The predicted octanol–water partition coefficient (Wildman–Crippen LogP) is 2.92. The summed E-state index contributed by atoms with van der Waals surface area (Å²) in [5, 5.41) is 2.47. The molecule has 6 heteroatoms. The average Bonchev–Trinajstić information content (AvgIpc) is 2.62. The maximum Gasteiger partial charge on any atom is 0.238 e. The molecule has 2 aromatic carbocycles. The van der Waals surface area contributed by atoms with Gasteiger partial charge in [-0.15, -0.1) is 11.8 Å². The van der Waals surface area contributed by atoms with Crippen LogP contribution in [0.25, 0.3) is 0 Å². The van der Waals surface area contributed by atoms with E-state index in [1.807, 2.05) is 48.5 Å². The molecule has 4 rings (SSSR count). The molecule has 0 aromatic heterocycles. The molecule has 1 N–H and O–H groups in total. The third-order valence-corrected chi connectivity index (χ3v) is 5.37. The Morgan fingerprint density at radius 3 is 2.92 bits per heavy atom. The van der Waals surface area contributed by atoms with Gasteiger partial charge in [-0.3, -0.25) is 9.59 Å². The zero-order valence-electron chi connectivity index (χ0n) is 12.9. The Hall–Kier alpha value is -2.47. The van der Waals surface area contributed by atoms with Crippen molar-refractivity contribution in [3.63, 3.8) is 0 Å². The summed E-state index contributed by atoms with van der Waals surface area (Å²) < 4.78 is 5.58. The molecule has 0 saturated carbocycles. The summed E-state index contributed by atoms with van der Waals surface area (Å²) >= 11 is 1.45. The number of para-hydroxylation sites is 3. The number of amides is 2. The fraction of sp³-hybridized carbons (Fsp3) is 0.222. The van der Waals surface area contributed by atoms with Crippen molar-refractivity contribution in [1.82, 2.24) is 0 Å². The number of fused-ring (bicyclic) bond motifs is 2. The van der Waals surface area contributed by atoms with E-state index in [2.05, 4.69) is 5.32 Å². The van der Waals surface area contributed by atoms with Crippen LogP contribution in [-0.2, 0) is 9.59 Å². The van der Waals surface area contributed by atoms with Gasteiger partial charge in [0.05, 0.1) is 23.2 Å². The van der Waals surface area contributed by atoms with Gasteiger partial charge in [-0.2, -0.15) is 0 Å². The minimum Gasteiger partial charge on any atom is -0.490 e. The van der Waals surface area contributed by atoms with Gasteiger partial charge in [0.15, 0.2) is 0 Å². The number of benzene rings is 2. The predicted molar refractivity (Wildman–Crippen MR) is 93.6 cm³/mol. The van der Waals surface area contributed by atoms with Crippen molar-refractivity contribution in [2.45, 2.75) is 16.6 Å². The number of ether oxygens (including phenoxy) is 1. The minimum absolute atomic E-state index is 0.0576. The molecule has 0 unspecified atom stereocenters. The number of thioether (sulfide) groups is 1. The van der Waals surface area contributed by atoms with E-state index in [1.165, 1.54) is 11.8 Å². The largest absolute Gasteiger partial charge is 0.490 e. The molecule has 24 heavy (non-hydrogen) atoms. The molecular weight excluding hydrogens is 324 g/mol. The van der Waals surface area contributed by atoms with E-state index >= 15 is 0 Å². The number of carbonyl (C=O) groups excluding carboxylic acids is 2. The van der Waals surface area contributed by atoms with Crippen LogP contribution >= 0.6 is 11.8 Å². The number of hydrogen-bond donors (Lipinski definition) is 1. The molecule has 122 valence electrons. The van der Waals surface area contributed by atoms with E-state index in [4.69, 9.17) is 4.74 Å². The lowest BCUT2D eigenvalue weighted by Gasteiger charge is -2.31. The second-order valence-corrected chi connectivity index (χ2v) is 6.90. The third kappa shape index (κ3) is 2.73. The summed E-state index contributed by atoms with van der Waals surface area (Å²) in [6, 6.07) is 15.1. The molecule has 0 fully saturated rings.